The van der Waals surface area contributed by atoms with Gasteiger partial charge in [0.05, 0.1) is 6.33 Å². The van der Waals surface area contributed by atoms with Crippen molar-refractivity contribution in [2.24, 2.45) is 5.92 Å². The highest BCUT2D eigenvalue weighted by atomic mass is 16.3. The van der Waals surface area contributed by atoms with Crippen molar-refractivity contribution in [1.29, 1.82) is 0 Å². The summed E-state index contributed by atoms with van der Waals surface area (Å²) in [4.78, 5) is 29.1. The molecule has 0 aliphatic heterocycles. The van der Waals surface area contributed by atoms with E-state index in [2.05, 4.69) is 10.3 Å². The maximum absolute atomic E-state index is 12.6. The highest BCUT2D eigenvalue weighted by molar-refractivity contribution is 6.01. The minimum absolute atomic E-state index is 0.00439. The molecule has 1 aromatic carbocycles. The molecule has 25 heavy (non-hydrogen) atoms. The number of rotatable bonds is 6. The van der Waals surface area contributed by atoms with Gasteiger partial charge in [-0.3, -0.25) is 14.2 Å². The van der Waals surface area contributed by atoms with Crippen LogP contribution in [0.5, 0.6) is 0 Å². The molecule has 7 nitrogen and oxygen atoms in total. The standard InChI is InChI=1S/C18H21N3O4/c1-11(2)13(7-8-22)20-15(23)9-21-10-19-16-12-5-3-4-6-14(12)25-17(16)18(21)24/h3-6,10-11,13,22H,7-9H2,1-2H3,(H,20,23). The molecule has 0 aliphatic rings. The van der Waals surface area contributed by atoms with Crippen molar-refractivity contribution in [2.45, 2.75) is 32.9 Å². The Balaban J connectivity index is 1.86. The number of aliphatic hydroxyl groups excluding tert-OH is 1. The molecular weight excluding hydrogens is 322 g/mol. The summed E-state index contributed by atoms with van der Waals surface area (Å²) in [5.41, 5.74) is 0.844. The van der Waals surface area contributed by atoms with E-state index in [0.29, 0.717) is 17.5 Å². The molecule has 1 atom stereocenters. The largest absolute Gasteiger partial charge is 0.448 e. The lowest BCUT2D eigenvalue weighted by Gasteiger charge is -2.21. The van der Waals surface area contributed by atoms with Crippen LogP contribution in [0.1, 0.15) is 20.3 Å². The third-order valence-electron chi connectivity index (χ3n) is 4.26. The van der Waals surface area contributed by atoms with Gasteiger partial charge in [-0.2, -0.15) is 0 Å². The van der Waals surface area contributed by atoms with E-state index in [1.807, 2.05) is 32.0 Å². The molecule has 3 aromatic rings. The highest BCUT2D eigenvalue weighted by Gasteiger charge is 2.18. The lowest BCUT2D eigenvalue weighted by molar-refractivity contribution is -0.122. The van der Waals surface area contributed by atoms with Crippen molar-refractivity contribution in [1.82, 2.24) is 14.9 Å². The normalized spacial score (nSPS) is 12.8. The molecule has 2 heterocycles. The van der Waals surface area contributed by atoms with E-state index in [4.69, 9.17) is 9.52 Å². The molecular formula is C18H21N3O4. The van der Waals surface area contributed by atoms with E-state index in [-0.39, 0.29) is 42.2 Å². The topological polar surface area (TPSA) is 97.4 Å². The van der Waals surface area contributed by atoms with Crippen molar-refractivity contribution >= 4 is 28.0 Å². The van der Waals surface area contributed by atoms with Crippen LogP contribution >= 0.6 is 0 Å². The number of para-hydroxylation sites is 1. The van der Waals surface area contributed by atoms with E-state index in [0.717, 1.165) is 5.39 Å². The van der Waals surface area contributed by atoms with Crippen LogP contribution in [0.15, 0.2) is 39.8 Å². The van der Waals surface area contributed by atoms with Crippen LogP contribution in [0.25, 0.3) is 22.1 Å². The molecule has 1 amide bonds. The van der Waals surface area contributed by atoms with E-state index >= 15 is 0 Å². The molecule has 1 unspecified atom stereocenters. The van der Waals surface area contributed by atoms with Gasteiger partial charge in [-0.15, -0.1) is 0 Å². The second-order valence-corrected chi connectivity index (χ2v) is 6.38. The summed E-state index contributed by atoms with van der Waals surface area (Å²) in [5, 5.41) is 12.7. The summed E-state index contributed by atoms with van der Waals surface area (Å²) in [6, 6.07) is 7.15. The van der Waals surface area contributed by atoms with Crippen molar-refractivity contribution < 1.29 is 14.3 Å². The van der Waals surface area contributed by atoms with Gasteiger partial charge in [0.25, 0.3) is 5.56 Å². The fourth-order valence-electron chi connectivity index (χ4n) is 2.85. The Morgan fingerprint density at radius 2 is 2.12 bits per heavy atom. The zero-order valence-corrected chi connectivity index (χ0v) is 14.2. The van der Waals surface area contributed by atoms with Crippen LogP contribution < -0.4 is 10.9 Å². The van der Waals surface area contributed by atoms with E-state index in [1.54, 1.807) is 6.07 Å². The number of carbonyl (C=O) groups excluding carboxylic acids is 1. The van der Waals surface area contributed by atoms with Crippen molar-refractivity contribution in [3.63, 3.8) is 0 Å². The fourth-order valence-corrected chi connectivity index (χ4v) is 2.85. The summed E-state index contributed by atoms with van der Waals surface area (Å²) in [6.07, 6.45) is 1.84. The third-order valence-corrected chi connectivity index (χ3v) is 4.26. The SMILES string of the molecule is CC(C)C(CCO)NC(=O)Cn1cnc2c(oc3ccccc32)c1=O. The number of benzene rings is 1. The van der Waals surface area contributed by atoms with E-state index < -0.39 is 0 Å². The van der Waals surface area contributed by atoms with Crippen LogP contribution in [-0.4, -0.2) is 33.2 Å². The maximum atomic E-state index is 12.6. The second-order valence-electron chi connectivity index (χ2n) is 6.38. The maximum Gasteiger partial charge on any atom is 0.297 e. The number of furan rings is 1. The number of carbonyl (C=O) groups is 1. The molecule has 0 aliphatic carbocycles. The molecule has 0 saturated heterocycles. The minimum Gasteiger partial charge on any atom is -0.448 e. The lowest BCUT2D eigenvalue weighted by atomic mass is 10.0. The zero-order valence-electron chi connectivity index (χ0n) is 14.2. The van der Waals surface area contributed by atoms with Crippen LogP contribution in [0.2, 0.25) is 0 Å². The first-order valence-corrected chi connectivity index (χ1v) is 8.28. The van der Waals surface area contributed by atoms with Gasteiger partial charge in [0, 0.05) is 18.0 Å². The van der Waals surface area contributed by atoms with Crippen molar-refractivity contribution in [3.05, 3.63) is 40.9 Å². The first-order chi connectivity index (χ1) is 12.0. The smallest absolute Gasteiger partial charge is 0.297 e. The molecule has 0 radical (unpaired) electrons. The zero-order chi connectivity index (χ0) is 18.0. The number of fused-ring (bicyclic) bond motifs is 3. The van der Waals surface area contributed by atoms with Crippen LogP contribution in [-0.2, 0) is 11.3 Å². The number of aliphatic hydroxyl groups is 1. The van der Waals surface area contributed by atoms with Gasteiger partial charge in [0.15, 0.2) is 0 Å². The van der Waals surface area contributed by atoms with Crippen LogP contribution in [0.4, 0.5) is 0 Å². The van der Waals surface area contributed by atoms with Gasteiger partial charge in [0.1, 0.15) is 17.6 Å². The van der Waals surface area contributed by atoms with Gasteiger partial charge in [0.2, 0.25) is 11.5 Å². The van der Waals surface area contributed by atoms with E-state index in [9.17, 15) is 9.59 Å². The first-order valence-electron chi connectivity index (χ1n) is 8.28. The lowest BCUT2D eigenvalue weighted by Crippen LogP contribution is -2.42. The molecule has 2 aromatic heterocycles. The molecule has 0 spiro atoms. The average molecular weight is 343 g/mol. The van der Waals surface area contributed by atoms with Crippen molar-refractivity contribution in [3.8, 4) is 0 Å². The summed E-state index contributed by atoms with van der Waals surface area (Å²) in [5.74, 6) is -0.115. The van der Waals surface area contributed by atoms with Crippen LogP contribution in [0.3, 0.4) is 0 Å². The Bertz CT molecular complexity index is 958. The van der Waals surface area contributed by atoms with Gasteiger partial charge >= 0.3 is 0 Å². The predicted octanol–water partition coefficient (Wildman–Crippen LogP) is 1.67. The predicted molar refractivity (Wildman–Crippen MR) is 94.2 cm³/mol. The van der Waals surface area contributed by atoms with Gasteiger partial charge in [-0.05, 0) is 24.5 Å². The molecule has 132 valence electrons. The number of hydrogen-bond donors (Lipinski definition) is 2. The number of amides is 1. The molecule has 7 heteroatoms. The molecule has 0 fully saturated rings. The highest BCUT2D eigenvalue weighted by Crippen LogP contribution is 2.23. The Kier molecular flexibility index (Phi) is 4.85. The van der Waals surface area contributed by atoms with Gasteiger partial charge in [-0.1, -0.05) is 26.0 Å². The number of nitrogens with zero attached hydrogens (tertiary/aromatic N) is 2. The summed E-state index contributed by atoms with van der Waals surface area (Å²) < 4.78 is 6.84. The third kappa shape index (κ3) is 3.41. The van der Waals surface area contributed by atoms with Gasteiger partial charge < -0.3 is 14.8 Å². The molecule has 2 N–H and O–H groups in total. The quantitative estimate of drug-likeness (QED) is 0.709. The van der Waals surface area contributed by atoms with Crippen molar-refractivity contribution in [2.75, 3.05) is 6.61 Å². The average Bonchev–Trinajstić information content (AvgIpc) is 2.96. The second kappa shape index (κ2) is 7.06. The Labute approximate surface area is 144 Å². The van der Waals surface area contributed by atoms with E-state index in [1.165, 1.54) is 10.9 Å². The minimum atomic E-state index is -0.389. The number of aromatic nitrogens is 2. The number of nitrogens with one attached hydrogen (secondary N) is 1. The van der Waals surface area contributed by atoms with Crippen LogP contribution in [0, 0.1) is 5.92 Å². The fraction of sp³-hybridized carbons (Fsp3) is 0.389. The summed E-state index contributed by atoms with van der Waals surface area (Å²) >= 11 is 0. The monoisotopic (exact) mass is 343 g/mol. The molecule has 0 bridgehead atoms. The number of hydrogen-bond acceptors (Lipinski definition) is 5. The van der Waals surface area contributed by atoms with Gasteiger partial charge in [-0.25, -0.2) is 4.98 Å². The Morgan fingerprint density at radius 1 is 1.36 bits per heavy atom. The Morgan fingerprint density at radius 3 is 2.84 bits per heavy atom. The molecule has 3 rings (SSSR count). The molecule has 0 saturated carbocycles. The summed E-state index contributed by atoms with van der Waals surface area (Å²) in [7, 11) is 0. The summed E-state index contributed by atoms with van der Waals surface area (Å²) in [6.45, 7) is 3.78. The Hall–Kier alpha value is -2.67. The first kappa shape index (κ1) is 17.2.